The van der Waals surface area contributed by atoms with Gasteiger partial charge in [-0.3, -0.25) is 0 Å². The number of carboxylic acids is 2. The first-order chi connectivity index (χ1) is 10.2. The zero-order valence-electron chi connectivity index (χ0n) is 13.8. The predicted octanol–water partition coefficient (Wildman–Crippen LogP) is 1.33. The smallest absolute Gasteiger partial charge is 0.545 e. The molecule has 0 heterocycles. The second-order valence-corrected chi connectivity index (χ2v) is 5.21. The summed E-state index contributed by atoms with van der Waals surface area (Å²) < 4.78 is 0. The van der Waals surface area contributed by atoms with Crippen LogP contribution in [0.4, 0.5) is 0 Å². The molecule has 2 aromatic rings. The van der Waals surface area contributed by atoms with Gasteiger partial charge in [0, 0.05) is 11.1 Å². The minimum atomic E-state index is -1.11. The molecule has 0 aliphatic rings. The fourth-order valence-electron chi connectivity index (χ4n) is 1.91. The number of aryl methyl sites for hydroxylation is 4. The van der Waals surface area contributed by atoms with Crippen LogP contribution in [0.1, 0.15) is 43.0 Å². The van der Waals surface area contributed by atoms with E-state index in [4.69, 9.17) is 0 Å². The van der Waals surface area contributed by atoms with Gasteiger partial charge in [0.1, 0.15) is 0 Å². The molecule has 0 aliphatic heterocycles. The van der Waals surface area contributed by atoms with Gasteiger partial charge in [0.05, 0.1) is 11.9 Å². The third kappa shape index (κ3) is 6.52. The van der Waals surface area contributed by atoms with E-state index in [-0.39, 0.29) is 38.4 Å². The zero-order chi connectivity index (χ0) is 16.9. The van der Waals surface area contributed by atoms with Crippen molar-refractivity contribution in [1.82, 2.24) is 0 Å². The Morgan fingerprint density at radius 1 is 0.696 bits per heavy atom. The van der Waals surface area contributed by atoms with Crippen LogP contribution in [-0.4, -0.2) is 11.9 Å². The molecular weight excluding hydrogens is 393 g/mol. The van der Waals surface area contributed by atoms with Gasteiger partial charge < -0.3 is 19.8 Å². The van der Waals surface area contributed by atoms with Gasteiger partial charge >= 0.3 is 27.3 Å². The van der Waals surface area contributed by atoms with Crippen molar-refractivity contribution in [2.24, 2.45) is 0 Å². The average Bonchev–Trinajstić information content (AvgIpc) is 2.44. The summed E-state index contributed by atoms with van der Waals surface area (Å²) in [6.45, 7) is 7.22. The second kappa shape index (κ2) is 9.44. The van der Waals surface area contributed by atoms with E-state index in [1.165, 1.54) is 0 Å². The van der Waals surface area contributed by atoms with Crippen molar-refractivity contribution in [3.8, 4) is 0 Å². The van der Waals surface area contributed by atoms with Crippen LogP contribution in [0.5, 0.6) is 0 Å². The molecule has 0 atom stereocenters. The maximum absolute atomic E-state index is 10.5. The molecule has 0 N–H and O–H groups in total. The van der Waals surface area contributed by atoms with Crippen molar-refractivity contribution < 1.29 is 47.1 Å². The SMILES string of the molecule is Cc1ccc(C)c(C(=O)[O-])c1.Cc1ccc(C)c(C(=O)[O-])c1.[Cd+2]. The molecule has 0 saturated carbocycles. The quantitative estimate of drug-likeness (QED) is 0.700. The van der Waals surface area contributed by atoms with Gasteiger partial charge in [-0.15, -0.1) is 0 Å². The van der Waals surface area contributed by atoms with Gasteiger partial charge in [0.2, 0.25) is 0 Å². The Bertz CT molecular complexity index is 647. The van der Waals surface area contributed by atoms with Crippen LogP contribution in [0.3, 0.4) is 0 Å². The van der Waals surface area contributed by atoms with Gasteiger partial charge in [-0.25, -0.2) is 0 Å². The maximum Gasteiger partial charge on any atom is 2.00 e. The van der Waals surface area contributed by atoms with Gasteiger partial charge in [-0.05, 0) is 51.0 Å². The number of rotatable bonds is 2. The van der Waals surface area contributed by atoms with Crippen LogP contribution in [0.25, 0.3) is 0 Å². The third-order valence-electron chi connectivity index (χ3n) is 3.23. The fourth-order valence-corrected chi connectivity index (χ4v) is 1.91. The second-order valence-electron chi connectivity index (χ2n) is 5.21. The maximum atomic E-state index is 10.5. The molecule has 5 heteroatoms. The summed E-state index contributed by atoms with van der Waals surface area (Å²) in [5, 5.41) is 20.9. The van der Waals surface area contributed by atoms with E-state index in [9.17, 15) is 19.8 Å². The van der Waals surface area contributed by atoms with Crippen LogP contribution < -0.4 is 10.2 Å². The summed E-state index contributed by atoms with van der Waals surface area (Å²) in [6.07, 6.45) is 0. The summed E-state index contributed by atoms with van der Waals surface area (Å²) in [7, 11) is 0. The van der Waals surface area contributed by atoms with Crippen molar-refractivity contribution >= 4 is 11.9 Å². The summed E-state index contributed by atoms with van der Waals surface area (Å²) in [5.74, 6) is -2.21. The van der Waals surface area contributed by atoms with E-state index in [0.717, 1.165) is 22.3 Å². The molecule has 0 bridgehead atoms. The Morgan fingerprint density at radius 3 is 1.22 bits per heavy atom. The van der Waals surface area contributed by atoms with Crippen molar-refractivity contribution in [2.75, 3.05) is 0 Å². The van der Waals surface area contributed by atoms with E-state index >= 15 is 0 Å². The molecule has 0 radical (unpaired) electrons. The summed E-state index contributed by atoms with van der Waals surface area (Å²) in [6, 6.07) is 10.5. The molecule has 0 saturated heterocycles. The first-order valence-electron chi connectivity index (χ1n) is 6.79. The Labute approximate surface area is 156 Å². The molecule has 0 amide bonds. The number of carbonyl (C=O) groups excluding carboxylic acids is 2. The van der Waals surface area contributed by atoms with Crippen molar-refractivity contribution in [1.29, 1.82) is 0 Å². The number of aromatic carboxylic acids is 2. The van der Waals surface area contributed by atoms with Crippen LogP contribution in [0, 0.1) is 27.7 Å². The number of hydrogen-bond acceptors (Lipinski definition) is 4. The minimum Gasteiger partial charge on any atom is -0.545 e. The summed E-state index contributed by atoms with van der Waals surface area (Å²) >= 11 is 0. The first-order valence-corrected chi connectivity index (χ1v) is 6.79. The van der Waals surface area contributed by atoms with Gasteiger partial charge in [-0.1, -0.05) is 35.4 Å². The normalized spacial score (nSPS) is 9.22. The number of carbonyl (C=O) groups is 2. The van der Waals surface area contributed by atoms with Crippen LogP contribution in [0.2, 0.25) is 0 Å². The Kier molecular flexibility index (Phi) is 8.75. The van der Waals surface area contributed by atoms with Gasteiger partial charge in [0.25, 0.3) is 0 Å². The standard InChI is InChI=1S/2C9H10O2.Cd/c2*1-6-3-4-7(2)8(5-6)9(10)11;/h2*3-5H,1-2H3,(H,10,11);/q;;+2/p-2. The zero-order valence-corrected chi connectivity index (χ0v) is 17.8. The first kappa shape index (κ1) is 21.3. The van der Waals surface area contributed by atoms with E-state index in [1.807, 2.05) is 26.0 Å². The van der Waals surface area contributed by atoms with Crippen molar-refractivity contribution in [3.05, 3.63) is 69.8 Å². The predicted molar refractivity (Wildman–Crippen MR) is 80.5 cm³/mol. The molecule has 0 aliphatic carbocycles. The molecule has 0 aromatic heterocycles. The Hall–Kier alpha value is -1.70. The molecule has 116 valence electrons. The number of hydrogen-bond donors (Lipinski definition) is 0. The Balaban J connectivity index is 0.000000403. The molecular formula is C18H18CdO4. The van der Waals surface area contributed by atoms with E-state index in [0.29, 0.717) is 0 Å². The summed E-state index contributed by atoms with van der Waals surface area (Å²) in [4.78, 5) is 20.9. The van der Waals surface area contributed by atoms with Gasteiger partial charge in [-0.2, -0.15) is 0 Å². The molecule has 0 spiro atoms. The molecule has 0 fully saturated rings. The third-order valence-corrected chi connectivity index (χ3v) is 3.23. The van der Waals surface area contributed by atoms with Crippen LogP contribution >= 0.6 is 0 Å². The van der Waals surface area contributed by atoms with E-state index < -0.39 is 11.9 Å². The molecule has 23 heavy (non-hydrogen) atoms. The minimum absolute atomic E-state index is 0. The van der Waals surface area contributed by atoms with Crippen molar-refractivity contribution in [3.63, 3.8) is 0 Å². The molecule has 0 unspecified atom stereocenters. The van der Waals surface area contributed by atoms with Crippen LogP contribution in [0.15, 0.2) is 36.4 Å². The van der Waals surface area contributed by atoms with E-state index in [2.05, 4.69) is 0 Å². The van der Waals surface area contributed by atoms with Crippen LogP contribution in [-0.2, 0) is 27.3 Å². The molecule has 4 nitrogen and oxygen atoms in total. The number of benzene rings is 2. The van der Waals surface area contributed by atoms with Crippen molar-refractivity contribution in [2.45, 2.75) is 27.7 Å². The average molecular weight is 411 g/mol. The molecule has 2 aromatic carbocycles. The topological polar surface area (TPSA) is 80.3 Å². The fraction of sp³-hybridized carbons (Fsp3) is 0.222. The Morgan fingerprint density at radius 2 is 1.00 bits per heavy atom. The van der Waals surface area contributed by atoms with Gasteiger partial charge in [0.15, 0.2) is 0 Å². The summed E-state index contributed by atoms with van der Waals surface area (Å²) in [5.41, 5.74) is 3.94. The largest absolute Gasteiger partial charge is 2.00 e. The number of carboxylic acid groups (broad SMARTS) is 2. The molecule has 2 rings (SSSR count). The van der Waals surface area contributed by atoms with E-state index in [1.54, 1.807) is 38.1 Å². The monoisotopic (exact) mass is 412 g/mol.